The highest BCUT2D eigenvalue weighted by molar-refractivity contribution is 5.54. The first kappa shape index (κ1) is 13.4. The van der Waals surface area contributed by atoms with Crippen LogP contribution < -0.4 is 10.2 Å². The van der Waals surface area contributed by atoms with Crippen LogP contribution in [0.1, 0.15) is 25.3 Å². The van der Waals surface area contributed by atoms with Crippen molar-refractivity contribution < 1.29 is 4.74 Å². The summed E-state index contributed by atoms with van der Waals surface area (Å²) in [4.78, 5) is 2.46. The van der Waals surface area contributed by atoms with Gasteiger partial charge in [0.2, 0.25) is 0 Å². The number of hydrogen-bond acceptors (Lipinski definition) is 3. The molecule has 100 valence electrons. The van der Waals surface area contributed by atoms with E-state index in [1.54, 1.807) is 0 Å². The molecular formula is C15H24N2O. The summed E-state index contributed by atoms with van der Waals surface area (Å²) in [5.41, 5.74) is 2.75. The third-order valence-corrected chi connectivity index (χ3v) is 3.61. The van der Waals surface area contributed by atoms with Crippen molar-refractivity contribution in [3.63, 3.8) is 0 Å². The van der Waals surface area contributed by atoms with Gasteiger partial charge in [0.15, 0.2) is 0 Å². The Hall–Kier alpha value is -1.06. The molecule has 0 amide bonds. The fourth-order valence-corrected chi connectivity index (χ4v) is 2.58. The fraction of sp³-hybridized carbons (Fsp3) is 0.600. The molecule has 0 saturated carbocycles. The average molecular weight is 248 g/mol. The van der Waals surface area contributed by atoms with Crippen molar-refractivity contribution in [2.75, 3.05) is 31.6 Å². The summed E-state index contributed by atoms with van der Waals surface area (Å²) in [5.74, 6) is 0. The molecule has 0 radical (unpaired) electrons. The Labute approximate surface area is 110 Å². The molecule has 1 heterocycles. The van der Waals surface area contributed by atoms with Gasteiger partial charge in [-0.05, 0) is 31.0 Å². The number of nitrogens with zero attached hydrogens (tertiary/aromatic N) is 1. The molecule has 1 aliphatic heterocycles. The van der Waals surface area contributed by atoms with Crippen LogP contribution in [0.4, 0.5) is 5.69 Å². The summed E-state index contributed by atoms with van der Waals surface area (Å²) in [6.07, 6.45) is 2.78. The van der Waals surface area contributed by atoms with Gasteiger partial charge in [0.1, 0.15) is 0 Å². The van der Waals surface area contributed by atoms with E-state index in [1.807, 2.05) is 7.11 Å². The van der Waals surface area contributed by atoms with Gasteiger partial charge >= 0.3 is 0 Å². The number of methoxy groups -OCH3 is 1. The van der Waals surface area contributed by atoms with Crippen LogP contribution in [0, 0.1) is 0 Å². The number of rotatable bonds is 5. The molecule has 3 nitrogen and oxygen atoms in total. The first-order chi connectivity index (χ1) is 8.85. The van der Waals surface area contributed by atoms with Crippen LogP contribution in [0.2, 0.25) is 0 Å². The van der Waals surface area contributed by atoms with E-state index < -0.39 is 0 Å². The van der Waals surface area contributed by atoms with Crippen LogP contribution in [0.25, 0.3) is 0 Å². The quantitative estimate of drug-likeness (QED) is 0.866. The number of hydrogen-bond donors (Lipinski definition) is 1. The first-order valence-corrected chi connectivity index (χ1v) is 6.91. The number of piperidine rings is 1. The smallest absolute Gasteiger partial charge is 0.0746 e. The van der Waals surface area contributed by atoms with Gasteiger partial charge in [-0.3, -0.25) is 0 Å². The van der Waals surface area contributed by atoms with Crippen molar-refractivity contribution in [3.8, 4) is 0 Å². The Morgan fingerprint density at radius 1 is 1.39 bits per heavy atom. The molecule has 0 bridgehead atoms. The molecule has 0 aliphatic carbocycles. The minimum atomic E-state index is 0.381. The molecule has 1 aromatic rings. The van der Waals surface area contributed by atoms with E-state index in [1.165, 1.54) is 24.1 Å². The second-order valence-electron chi connectivity index (χ2n) is 4.85. The van der Waals surface area contributed by atoms with Gasteiger partial charge in [0.25, 0.3) is 0 Å². The Morgan fingerprint density at radius 3 is 3.00 bits per heavy atom. The number of nitrogens with one attached hydrogen (secondary N) is 1. The minimum Gasteiger partial charge on any atom is -0.380 e. The molecule has 1 unspecified atom stereocenters. The zero-order valence-electron chi connectivity index (χ0n) is 11.5. The fourth-order valence-electron chi connectivity index (χ4n) is 2.58. The van der Waals surface area contributed by atoms with E-state index in [-0.39, 0.29) is 0 Å². The summed E-state index contributed by atoms with van der Waals surface area (Å²) in [7, 11) is 1.82. The van der Waals surface area contributed by atoms with Crippen LogP contribution in [0.5, 0.6) is 0 Å². The summed E-state index contributed by atoms with van der Waals surface area (Å²) in [6, 6.07) is 8.69. The van der Waals surface area contributed by atoms with E-state index >= 15 is 0 Å². The van der Waals surface area contributed by atoms with Crippen LogP contribution in [0.15, 0.2) is 24.3 Å². The zero-order valence-corrected chi connectivity index (χ0v) is 11.5. The number of ether oxygens (including phenoxy) is 1. The van der Waals surface area contributed by atoms with Crippen molar-refractivity contribution >= 4 is 5.69 Å². The van der Waals surface area contributed by atoms with E-state index in [2.05, 4.69) is 41.4 Å². The highest BCUT2D eigenvalue weighted by Gasteiger charge is 2.20. The highest BCUT2D eigenvalue weighted by Crippen LogP contribution is 2.24. The monoisotopic (exact) mass is 248 g/mol. The predicted octanol–water partition coefficient (Wildman–Crippen LogP) is 2.41. The SMILES string of the molecule is CCNCc1ccccc1N1CCCC(OC)C1. The summed E-state index contributed by atoms with van der Waals surface area (Å²) in [5, 5.41) is 3.41. The second kappa shape index (κ2) is 6.76. The normalized spacial score (nSPS) is 20.1. The number of para-hydroxylation sites is 1. The average Bonchev–Trinajstić information content (AvgIpc) is 2.45. The van der Waals surface area contributed by atoms with Crippen molar-refractivity contribution in [1.29, 1.82) is 0 Å². The van der Waals surface area contributed by atoms with Crippen molar-refractivity contribution in [2.45, 2.75) is 32.4 Å². The molecule has 1 aromatic carbocycles. The van der Waals surface area contributed by atoms with Gasteiger partial charge in [-0.25, -0.2) is 0 Å². The predicted molar refractivity (Wildman–Crippen MR) is 76.1 cm³/mol. The molecule has 1 saturated heterocycles. The third-order valence-electron chi connectivity index (χ3n) is 3.61. The molecule has 1 N–H and O–H groups in total. The number of benzene rings is 1. The van der Waals surface area contributed by atoms with Gasteiger partial charge in [-0.1, -0.05) is 25.1 Å². The van der Waals surface area contributed by atoms with Gasteiger partial charge in [-0.2, -0.15) is 0 Å². The zero-order chi connectivity index (χ0) is 12.8. The van der Waals surface area contributed by atoms with Crippen LogP contribution >= 0.6 is 0 Å². The maximum Gasteiger partial charge on any atom is 0.0746 e. The van der Waals surface area contributed by atoms with Crippen LogP contribution in [-0.2, 0) is 11.3 Å². The molecule has 18 heavy (non-hydrogen) atoms. The molecule has 2 rings (SSSR count). The number of anilines is 1. The molecule has 1 aliphatic rings. The highest BCUT2D eigenvalue weighted by atomic mass is 16.5. The summed E-state index contributed by atoms with van der Waals surface area (Å²) >= 11 is 0. The Bertz CT molecular complexity index is 367. The molecule has 3 heteroatoms. The van der Waals surface area contributed by atoms with E-state index in [0.717, 1.165) is 26.2 Å². The Balaban J connectivity index is 2.11. The summed E-state index contributed by atoms with van der Waals surface area (Å²) in [6.45, 7) is 6.25. The van der Waals surface area contributed by atoms with E-state index in [9.17, 15) is 0 Å². The summed E-state index contributed by atoms with van der Waals surface area (Å²) < 4.78 is 5.51. The van der Waals surface area contributed by atoms with Crippen molar-refractivity contribution in [1.82, 2.24) is 5.32 Å². The third kappa shape index (κ3) is 3.24. The first-order valence-electron chi connectivity index (χ1n) is 6.91. The van der Waals surface area contributed by atoms with E-state index in [0.29, 0.717) is 6.10 Å². The standard InChI is InChI=1S/C15H24N2O/c1-3-16-11-13-7-4-5-9-15(13)17-10-6-8-14(12-17)18-2/h4-5,7,9,14,16H,3,6,8,10-12H2,1-2H3. The molecule has 0 aromatic heterocycles. The topological polar surface area (TPSA) is 24.5 Å². The van der Waals surface area contributed by atoms with Crippen molar-refractivity contribution in [3.05, 3.63) is 29.8 Å². The largest absolute Gasteiger partial charge is 0.380 e. The molecule has 0 spiro atoms. The molecule has 1 fully saturated rings. The van der Waals surface area contributed by atoms with Crippen LogP contribution in [0.3, 0.4) is 0 Å². The van der Waals surface area contributed by atoms with E-state index in [4.69, 9.17) is 4.74 Å². The van der Waals surface area contributed by atoms with Gasteiger partial charge in [0, 0.05) is 32.4 Å². The maximum absolute atomic E-state index is 5.51. The lowest BCUT2D eigenvalue weighted by Crippen LogP contribution is -2.39. The lowest BCUT2D eigenvalue weighted by atomic mass is 10.0. The van der Waals surface area contributed by atoms with Gasteiger partial charge < -0.3 is 15.0 Å². The maximum atomic E-state index is 5.51. The lowest BCUT2D eigenvalue weighted by Gasteiger charge is -2.35. The minimum absolute atomic E-state index is 0.381. The van der Waals surface area contributed by atoms with Gasteiger partial charge in [-0.15, -0.1) is 0 Å². The van der Waals surface area contributed by atoms with Gasteiger partial charge in [0.05, 0.1) is 6.10 Å². The molecular weight excluding hydrogens is 224 g/mol. The second-order valence-corrected chi connectivity index (χ2v) is 4.85. The lowest BCUT2D eigenvalue weighted by molar-refractivity contribution is 0.0893. The Morgan fingerprint density at radius 2 is 2.22 bits per heavy atom. The van der Waals surface area contributed by atoms with Crippen LogP contribution in [-0.4, -0.2) is 32.8 Å². The Kier molecular flexibility index (Phi) is 5.02. The van der Waals surface area contributed by atoms with Crippen molar-refractivity contribution in [2.24, 2.45) is 0 Å². The molecule has 1 atom stereocenters.